The van der Waals surface area contributed by atoms with E-state index in [0.717, 1.165) is 17.2 Å². The number of aliphatic hydroxyl groups excluding tert-OH is 2. The van der Waals surface area contributed by atoms with Gasteiger partial charge >= 0.3 is 7.82 Å². The molecule has 22 nitrogen and oxygen atoms in total. The van der Waals surface area contributed by atoms with E-state index >= 15 is 4.39 Å². The normalized spacial score (nSPS) is 30.3. The number of anilines is 2. The Kier molecular flexibility index (Phi) is 8.91. The lowest BCUT2D eigenvalue weighted by molar-refractivity contribution is -0.0648. The zero-order valence-corrected chi connectivity index (χ0v) is 25.0. The number of nitrogens with two attached hydrogens (primary N) is 2. The first kappa shape index (κ1) is 32.5. The number of alkyl halides is 1. The first-order chi connectivity index (χ1) is 21.9. The van der Waals surface area contributed by atoms with Gasteiger partial charge in [-0.1, -0.05) is 0 Å². The molecule has 0 aliphatic carbocycles. The van der Waals surface area contributed by atoms with Crippen LogP contribution >= 0.6 is 15.9 Å². The first-order valence-corrected chi connectivity index (χ1v) is 16.3. The number of phosphoric acid groups is 1. The average molecular weight is 692 g/mol. The van der Waals surface area contributed by atoms with Crippen LogP contribution < -0.4 is 17.0 Å². The van der Waals surface area contributed by atoms with E-state index in [2.05, 4.69) is 29.9 Å². The van der Waals surface area contributed by atoms with Gasteiger partial charge in [-0.15, -0.1) is 0 Å². The number of nitrogen functional groups attached to an aromatic ring is 2. The van der Waals surface area contributed by atoms with Crippen LogP contribution in [0.4, 0.5) is 16.2 Å². The van der Waals surface area contributed by atoms with Gasteiger partial charge in [-0.2, -0.15) is 4.98 Å². The van der Waals surface area contributed by atoms with E-state index < -0.39 is 90.1 Å². The van der Waals surface area contributed by atoms with Gasteiger partial charge in [0.1, 0.15) is 48.7 Å². The number of phosphoric ester groups is 1. The molecule has 4 aromatic heterocycles. The van der Waals surface area contributed by atoms with E-state index in [4.69, 9.17) is 34.7 Å². The summed E-state index contributed by atoms with van der Waals surface area (Å²) in [5.74, 6) is -0.248. The summed E-state index contributed by atoms with van der Waals surface area (Å²) in [6.07, 6.45) is -10.0. The summed E-state index contributed by atoms with van der Waals surface area (Å²) >= 11 is 0. The molecule has 6 heterocycles. The van der Waals surface area contributed by atoms with Crippen LogP contribution in [-0.4, -0.2) is 115 Å². The van der Waals surface area contributed by atoms with Crippen LogP contribution in [0.5, 0.6) is 0 Å². The number of imidazole rings is 2. The summed E-state index contributed by atoms with van der Waals surface area (Å²) in [7, 11) is -8.34. The molecule has 2 fully saturated rings. The molecule has 2 aliphatic rings. The second-order valence-electron chi connectivity index (χ2n) is 10.1. The number of aromatic amines is 1. The number of H-pyrrole nitrogens is 1. The molecule has 0 aromatic carbocycles. The Morgan fingerprint density at radius 2 is 1.76 bits per heavy atom. The van der Waals surface area contributed by atoms with E-state index in [0.29, 0.717) is 0 Å². The highest BCUT2D eigenvalue weighted by atomic mass is 31.2. The highest BCUT2D eigenvalue weighted by Crippen LogP contribution is 2.50. The topological polar surface area (TPSA) is 320 Å². The van der Waals surface area contributed by atoms with Crippen LogP contribution in [-0.2, 0) is 32.4 Å². The second-order valence-corrected chi connectivity index (χ2v) is 12.6. The maximum Gasteiger partial charge on any atom is 0.472 e. The fraction of sp³-hybridized carbons (Fsp3) is 0.524. The molecule has 6 rings (SSSR count). The minimum atomic E-state index is -5.16. The molecule has 4 aromatic rings. The summed E-state index contributed by atoms with van der Waals surface area (Å²) in [5, 5.41) is 20.8. The molecule has 0 amide bonds. The monoisotopic (exact) mass is 692 g/mol. The maximum absolute atomic E-state index is 15.7. The Bertz CT molecular complexity index is 1880. The minimum Gasteiger partial charge on any atom is -0.394 e. The number of ether oxygens (including phenoxy) is 3. The number of nitrogens with zero attached hydrogens (tertiary/aromatic N) is 7. The number of aromatic nitrogens is 8. The predicted molar refractivity (Wildman–Crippen MR) is 150 cm³/mol. The van der Waals surface area contributed by atoms with E-state index in [1.54, 1.807) is 0 Å². The van der Waals surface area contributed by atoms with Gasteiger partial charge in [0.2, 0.25) is 14.0 Å². The van der Waals surface area contributed by atoms with Crippen LogP contribution in [0.1, 0.15) is 12.5 Å². The smallest absolute Gasteiger partial charge is 0.394 e. The lowest BCUT2D eigenvalue weighted by Gasteiger charge is -2.23. The number of aliphatic hydroxyl groups is 2. The minimum absolute atomic E-state index is 0.0177. The first-order valence-electron chi connectivity index (χ1n) is 13.3. The standard InChI is InChI=1S/C21H27FN10O12P2/c22-9-13(7(1-33)42-19(9)31-4-27-10-15(23)25-3-26-16(10)31)44-46(38,39)41-2-8-12(34)14(40-6-45(36)37)20(43-8)32-5-28-11-17(32)29-21(24)30-18(11)35/h3-5,7-9,12-14,19-20,33-34,45H,1-2,6H2,(H,36,37)(H,38,39)(H2,23,25,26)(H3,24,29,30,35)/t7-,8-,9?,12?,13?,14?,19-,20-/m1/s1. The Morgan fingerprint density at radius 3 is 2.48 bits per heavy atom. The van der Waals surface area contributed by atoms with Gasteiger partial charge in [-0.05, 0) is 0 Å². The molecule has 25 heteroatoms. The van der Waals surface area contributed by atoms with Crippen LogP contribution in [0.2, 0.25) is 0 Å². The van der Waals surface area contributed by atoms with Gasteiger partial charge in [0.15, 0.2) is 41.3 Å². The second kappa shape index (κ2) is 12.6. The number of nitrogens with one attached hydrogen (secondary N) is 1. The van der Waals surface area contributed by atoms with Crippen molar-refractivity contribution in [2.24, 2.45) is 0 Å². The molecule has 250 valence electrons. The Hall–Kier alpha value is -3.47. The van der Waals surface area contributed by atoms with Crippen molar-refractivity contribution < 1.29 is 56.8 Å². The summed E-state index contributed by atoms with van der Waals surface area (Å²) in [4.78, 5) is 54.1. The van der Waals surface area contributed by atoms with Crippen molar-refractivity contribution in [2.45, 2.75) is 49.1 Å². The zero-order valence-electron chi connectivity index (χ0n) is 23.1. The average Bonchev–Trinajstić information content (AvgIpc) is 3.76. The summed E-state index contributed by atoms with van der Waals surface area (Å²) < 4.78 is 69.2. The third kappa shape index (κ3) is 6.02. The highest BCUT2D eigenvalue weighted by Gasteiger charge is 2.51. The van der Waals surface area contributed by atoms with Crippen molar-refractivity contribution in [3.8, 4) is 0 Å². The van der Waals surface area contributed by atoms with Crippen molar-refractivity contribution in [1.82, 2.24) is 39.0 Å². The van der Waals surface area contributed by atoms with Crippen molar-refractivity contribution in [3.63, 3.8) is 0 Å². The van der Waals surface area contributed by atoms with Crippen LogP contribution in [0.25, 0.3) is 22.3 Å². The Labute approximate surface area is 255 Å². The molecule has 2 aliphatic heterocycles. The van der Waals surface area contributed by atoms with Gasteiger partial charge in [0.25, 0.3) is 5.56 Å². The van der Waals surface area contributed by atoms with Gasteiger partial charge in [-0.25, -0.2) is 28.9 Å². The summed E-state index contributed by atoms with van der Waals surface area (Å²) in [6, 6.07) is 0. The van der Waals surface area contributed by atoms with E-state index in [1.165, 1.54) is 10.9 Å². The van der Waals surface area contributed by atoms with Gasteiger partial charge in [0, 0.05) is 0 Å². The zero-order chi connectivity index (χ0) is 32.9. The van der Waals surface area contributed by atoms with E-state index in [1.807, 2.05) is 0 Å². The Morgan fingerprint density at radius 1 is 1.07 bits per heavy atom. The van der Waals surface area contributed by atoms with Gasteiger partial charge in [-0.3, -0.25) is 32.5 Å². The molecule has 0 radical (unpaired) electrons. The Balaban J connectivity index is 1.18. The summed E-state index contributed by atoms with van der Waals surface area (Å²) in [6.45, 7) is -1.66. The lowest BCUT2D eigenvalue weighted by Crippen LogP contribution is -2.36. The van der Waals surface area contributed by atoms with E-state index in [-0.39, 0.29) is 34.1 Å². The highest BCUT2D eigenvalue weighted by molar-refractivity contribution is 7.47. The molecule has 46 heavy (non-hydrogen) atoms. The largest absolute Gasteiger partial charge is 0.472 e. The fourth-order valence-electron chi connectivity index (χ4n) is 5.16. The quantitative estimate of drug-likeness (QED) is 0.0829. The van der Waals surface area contributed by atoms with Crippen molar-refractivity contribution in [3.05, 3.63) is 29.3 Å². The van der Waals surface area contributed by atoms with Crippen molar-refractivity contribution in [2.75, 3.05) is 31.0 Å². The fourth-order valence-corrected chi connectivity index (χ4v) is 6.45. The lowest BCUT2D eigenvalue weighted by atomic mass is 10.1. The third-order valence-corrected chi connectivity index (χ3v) is 8.60. The van der Waals surface area contributed by atoms with Crippen LogP contribution in [0.15, 0.2) is 23.8 Å². The van der Waals surface area contributed by atoms with Crippen molar-refractivity contribution >= 4 is 49.9 Å². The molecule has 2 saturated heterocycles. The van der Waals surface area contributed by atoms with Gasteiger partial charge < -0.3 is 45.7 Å². The predicted octanol–water partition coefficient (Wildman–Crippen LogP) is -2.08. The number of halogens is 1. The molecule has 10 atom stereocenters. The SMILES string of the molecule is Nc1nc2c(ncn2[C@@H]2O[C@H](COP(=O)(O)OC3C(F)[C@H](n4cnc5c(N)ncnc54)O[C@@H]3CO)C(O)C2OC[PH](=O)O)c(=O)[nH]1. The van der Waals surface area contributed by atoms with Gasteiger partial charge in [0.05, 0.1) is 25.9 Å². The molecule has 6 unspecified atom stereocenters. The molecule has 0 spiro atoms. The third-order valence-electron chi connectivity index (χ3n) is 7.20. The van der Waals surface area contributed by atoms with E-state index in [9.17, 15) is 33.9 Å². The summed E-state index contributed by atoms with van der Waals surface area (Å²) in [5.41, 5.74) is 10.7. The molecule has 0 saturated carbocycles. The molecule has 9 N–H and O–H groups in total. The number of fused-ring (bicyclic) bond motifs is 2. The maximum atomic E-state index is 15.7. The van der Waals surface area contributed by atoms with Crippen LogP contribution in [0, 0.1) is 0 Å². The number of hydrogen-bond acceptors (Lipinski definition) is 17. The van der Waals surface area contributed by atoms with Crippen molar-refractivity contribution in [1.29, 1.82) is 0 Å². The molecule has 0 bridgehead atoms. The molecular weight excluding hydrogens is 665 g/mol. The number of rotatable bonds is 11. The molecular formula is C21H27FN10O12P2. The number of hydrogen-bond donors (Lipinski definition) is 7. The van der Waals surface area contributed by atoms with Crippen LogP contribution in [0.3, 0.4) is 0 Å².